The van der Waals surface area contributed by atoms with Gasteiger partial charge < -0.3 is 0 Å². The van der Waals surface area contributed by atoms with Crippen molar-refractivity contribution in [2.75, 3.05) is 0 Å². The fourth-order valence-corrected chi connectivity index (χ4v) is 2.28. The van der Waals surface area contributed by atoms with Crippen LogP contribution in [0.3, 0.4) is 0 Å². The maximum absolute atomic E-state index is 13.0. The molecule has 0 saturated heterocycles. The molecule has 0 atom stereocenters. The molecule has 96 valence electrons. The Kier molecular flexibility index (Phi) is 3.00. The summed E-state index contributed by atoms with van der Waals surface area (Å²) in [7, 11) is 2.07. The van der Waals surface area contributed by atoms with Crippen molar-refractivity contribution >= 4 is 13.4 Å². The highest BCUT2D eigenvalue weighted by molar-refractivity contribution is 6.08. The highest BCUT2D eigenvalue weighted by Crippen LogP contribution is 2.28. The van der Waals surface area contributed by atoms with Crippen LogP contribution < -0.4 is 0 Å². The van der Waals surface area contributed by atoms with Gasteiger partial charge >= 0.3 is 0 Å². The molecule has 0 aliphatic carbocycles. The summed E-state index contributed by atoms with van der Waals surface area (Å²) < 4.78 is 14.8. The Bertz CT molecular complexity index is 815. The summed E-state index contributed by atoms with van der Waals surface area (Å²) in [4.78, 5) is 0. The molecule has 0 unspecified atom stereocenters. The monoisotopic (exact) mass is 263 g/mol. The van der Waals surface area contributed by atoms with Crippen molar-refractivity contribution in [1.82, 2.24) is 9.61 Å². The maximum Gasteiger partial charge on any atom is 0.171 e. The quantitative estimate of drug-likeness (QED) is 0.664. The number of fused-ring (bicyclic) bond motifs is 1. The lowest BCUT2D eigenvalue weighted by Crippen LogP contribution is -1.91. The first-order chi connectivity index (χ1) is 9.72. The summed E-state index contributed by atoms with van der Waals surface area (Å²) in [5.74, 6) is -0.294. The fraction of sp³-hybridized carbons (Fsp3) is 0.0667. The van der Waals surface area contributed by atoms with E-state index >= 15 is 0 Å². The highest BCUT2D eigenvalue weighted by atomic mass is 19.1. The van der Waals surface area contributed by atoms with Crippen molar-refractivity contribution in [3.8, 4) is 17.2 Å². The van der Waals surface area contributed by atoms with Gasteiger partial charge in [0.1, 0.15) is 19.7 Å². The Hall–Kier alpha value is -2.61. The summed E-state index contributed by atoms with van der Waals surface area (Å²) in [6.07, 6.45) is 2.83. The van der Waals surface area contributed by atoms with E-state index < -0.39 is 0 Å². The zero-order chi connectivity index (χ0) is 14.1. The van der Waals surface area contributed by atoms with Crippen molar-refractivity contribution in [3.05, 3.63) is 59.7 Å². The largest absolute Gasteiger partial charge is 0.239 e. The first kappa shape index (κ1) is 12.4. The topological polar surface area (TPSA) is 41.1 Å². The van der Waals surface area contributed by atoms with Gasteiger partial charge in [0.15, 0.2) is 5.69 Å². The minimum absolute atomic E-state index is 0.294. The number of nitriles is 1. The number of rotatable bonds is 2. The molecule has 2 heterocycles. The van der Waals surface area contributed by atoms with Crippen molar-refractivity contribution in [2.45, 2.75) is 6.32 Å². The molecule has 0 aliphatic heterocycles. The molecule has 2 aromatic heterocycles. The molecule has 3 aromatic rings. The SMILES string of the molecule is BCc1ccc2c(-c3ccc(F)cc3)c(C#N)nn2c1. The standard InChI is InChI=1S/C15H11BFN3/c16-7-10-1-6-14-15(11-2-4-12(17)5-3-11)13(8-18)19-20(14)9-10/h1-6,9H,7,16H2. The zero-order valence-corrected chi connectivity index (χ0v) is 11.0. The number of hydrogen-bond donors (Lipinski definition) is 0. The average Bonchev–Trinajstić information content (AvgIpc) is 2.85. The second-order valence-electron chi connectivity index (χ2n) is 4.56. The van der Waals surface area contributed by atoms with E-state index in [9.17, 15) is 9.65 Å². The lowest BCUT2D eigenvalue weighted by Gasteiger charge is -2.01. The van der Waals surface area contributed by atoms with Gasteiger partial charge in [-0.15, -0.1) is 0 Å². The highest BCUT2D eigenvalue weighted by Gasteiger charge is 2.14. The summed E-state index contributed by atoms with van der Waals surface area (Å²) in [5, 5.41) is 13.6. The molecule has 0 saturated carbocycles. The normalized spacial score (nSPS) is 10.6. The van der Waals surface area contributed by atoms with Crippen LogP contribution in [0.1, 0.15) is 11.3 Å². The summed E-state index contributed by atoms with van der Waals surface area (Å²) in [5.41, 5.74) is 3.89. The Morgan fingerprint density at radius 3 is 2.60 bits per heavy atom. The lowest BCUT2D eigenvalue weighted by molar-refractivity contribution is 0.628. The van der Waals surface area contributed by atoms with E-state index in [1.807, 2.05) is 18.3 Å². The van der Waals surface area contributed by atoms with E-state index in [1.54, 1.807) is 16.6 Å². The summed E-state index contributed by atoms with van der Waals surface area (Å²) >= 11 is 0. The molecular weight excluding hydrogens is 252 g/mol. The average molecular weight is 263 g/mol. The number of hydrogen-bond acceptors (Lipinski definition) is 2. The van der Waals surface area contributed by atoms with Gasteiger partial charge in [-0.25, -0.2) is 8.91 Å². The Balaban J connectivity index is 2.28. The van der Waals surface area contributed by atoms with E-state index in [0.717, 1.165) is 28.5 Å². The van der Waals surface area contributed by atoms with Crippen LogP contribution in [0.25, 0.3) is 16.6 Å². The van der Waals surface area contributed by atoms with Crippen LogP contribution in [0.15, 0.2) is 42.6 Å². The predicted octanol–water partition coefficient (Wildman–Crippen LogP) is 2.15. The molecule has 3 nitrogen and oxygen atoms in total. The minimum Gasteiger partial charge on any atom is -0.239 e. The van der Waals surface area contributed by atoms with Gasteiger partial charge in [0.05, 0.1) is 5.52 Å². The van der Waals surface area contributed by atoms with E-state index in [0.29, 0.717) is 5.69 Å². The van der Waals surface area contributed by atoms with Crippen LogP contribution in [0.5, 0.6) is 0 Å². The number of nitrogens with zero attached hydrogens (tertiary/aromatic N) is 3. The number of aromatic nitrogens is 2. The van der Waals surface area contributed by atoms with E-state index in [1.165, 1.54) is 12.1 Å². The molecule has 0 N–H and O–H groups in total. The van der Waals surface area contributed by atoms with Crippen molar-refractivity contribution in [3.63, 3.8) is 0 Å². The van der Waals surface area contributed by atoms with Crippen molar-refractivity contribution in [2.24, 2.45) is 0 Å². The summed E-state index contributed by atoms with van der Waals surface area (Å²) in [6, 6.07) is 12.2. The summed E-state index contributed by atoms with van der Waals surface area (Å²) in [6.45, 7) is 0. The Morgan fingerprint density at radius 2 is 1.95 bits per heavy atom. The number of benzene rings is 1. The maximum atomic E-state index is 13.0. The van der Waals surface area contributed by atoms with Gasteiger partial charge in [0.25, 0.3) is 0 Å². The second-order valence-corrected chi connectivity index (χ2v) is 4.56. The van der Waals surface area contributed by atoms with Crippen LogP contribution in [0, 0.1) is 17.1 Å². The minimum atomic E-state index is -0.294. The van der Waals surface area contributed by atoms with Crippen molar-refractivity contribution < 1.29 is 4.39 Å². The molecule has 20 heavy (non-hydrogen) atoms. The van der Waals surface area contributed by atoms with E-state index in [2.05, 4.69) is 19.0 Å². The first-order valence-electron chi connectivity index (χ1n) is 6.40. The molecule has 0 radical (unpaired) electrons. The van der Waals surface area contributed by atoms with Gasteiger partial charge in [-0.3, -0.25) is 0 Å². The fourth-order valence-electron chi connectivity index (χ4n) is 2.28. The molecule has 0 aliphatic rings. The third kappa shape index (κ3) is 1.95. The molecule has 0 fully saturated rings. The lowest BCUT2D eigenvalue weighted by atomic mass is 9.98. The number of halogens is 1. The van der Waals surface area contributed by atoms with Crippen molar-refractivity contribution in [1.29, 1.82) is 5.26 Å². The molecule has 0 amide bonds. The van der Waals surface area contributed by atoms with Gasteiger partial charge in [-0.05, 0) is 29.3 Å². The zero-order valence-electron chi connectivity index (χ0n) is 11.0. The molecule has 5 heteroatoms. The number of pyridine rings is 1. The molecular formula is C15H11BFN3. The van der Waals surface area contributed by atoms with Gasteiger partial charge in [-0.2, -0.15) is 10.4 Å². The third-order valence-corrected chi connectivity index (χ3v) is 3.34. The Labute approximate surface area is 116 Å². The van der Waals surface area contributed by atoms with Gasteiger partial charge in [0.2, 0.25) is 0 Å². The molecule has 3 rings (SSSR count). The molecule has 0 bridgehead atoms. The Morgan fingerprint density at radius 1 is 1.20 bits per heavy atom. The second kappa shape index (κ2) is 4.82. The van der Waals surface area contributed by atoms with E-state index in [-0.39, 0.29) is 5.82 Å². The van der Waals surface area contributed by atoms with Crippen LogP contribution >= 0.6 is 0 Å². The van der Waals surface area contributed by atoms with Crippen LogP contribution in [-0.4, -0.2) is 17.5 Å². The van der Waals surface area contributed by atoms with Crippen LogP contribution in [0.4, 0.5) is 4.39 Å². The van der Waals surface area contributed by atoms with Crippen LogP contribution in [-0.2, 0) is 6.32 Å². The smallest absolute Gasteiger partial charge is 0.171 e. The molecule has 0 spiro atoms. The predicted molar refractivity (Wildman–Crippen MR) is 77.5 cm³/mol. The molecule has 1 aromatic carbocycles. The first-order valence-corrected chi connectivity index (χ1v) is 6.40. The van der Waals surface area contributed by atoms with Crippen LogP contribution in [0.2, 0.25) is 0 Å². The van der Waals surface area contributed by atoms with E-state index in [4.69, 9.17) is 0 Å². The van der Waals surface area contributed by atoms with Gasteiger partial charge in [-0.1, -0.05) is 24.5 Å². The van der Waals surface area contributed by atoms with Gasteiger partial charge in [0, 0.05) is 11.8 Å². The third-order valence-electron chi connectivity index (χ3n) is 3.34.